The minimum absolute atomic E-state index is 0.544. The molecule has 0 amide bonds. The number of anilines is 1. The van der Waals surface area contributed by atoms with Crippen LogP contribution < -0.4 is 10.2 Å². The molecule has 0 radical (unpaired) electrons. The molecule has 1 rings (SSSR count). The molecule has 1 heterocycles. The molecule has 1 aromatic heterocycles. The van der Waals surface area contributed by atoms with Gasteiger partial charge in [-0.25, -0.2) is 4.98 Å². The van der Waals surface area contributed by atoms with Gasteiger partial charge in [-0.3, -0.25) is 0 Å². The third-order valence-electron chi connectivity index (χ3n) is 2.92. The highest BCUT2D eigenvalue weighted by Gasteiger charge is 2.10. The second-order valence-electron chi connectivity index (χ2n) is 4.30. The molecule has 90 valence electrons. The van der Waals surface area contributed by atoms with Gasteiger partial charge in [-0.1, -0.05) is 13.3 Å². The highest BCUT2D eigenvalue weighted by molar-refractivity contribution is 5.41. The van der Waals surface area contributed by atoms with E-state index in [-0.39, 0.29) is 0 Å². The predicted molar refractivity (Wildman–Crippen MR) is 69.8 cm³/mol. The van der Waals surface area contributed by atoms with Gasteiger partial charge >= 0.3 is 0 Å². The Morgan fingerprint density at radius 1 is 1.50 bits per heavy atom. The van der Waals surface area contributed by atoms with Crippen molar-refractivity contribution in [2.24, 2.45) is 0 Å². The van der Waals surface area contributed by atoms with Gasteiger partial charge < -0.3 is 10.2 Å². The van der Waals surface area contributed by atoms with Crippen molar-refractivity contribution >= 4 is 5.82 Å². The molecular formula is C13H23N3. The van der Waals surface area contributed by atoms with E-state index in [0.717, 1.165) is 12.4 Å². The molecule has 1 N–H and O–H groups in total. The summed E-state index contributed by atoms with van der Waals surface area (Å²) in [6.07, 6.45) is 4.30. The first kappa shape index (κ1) is 13.0. The second-order valence-corrected chi connectivity index (χ2v) is 4.30. The van der Waals surface area contributed by atoms with Crippen molar-refractivity contribution in [3.8, 4) is 0 Å². The lowest BCUT2D eigenvalue weighted by molar-refractivity contribution is 0.611. The average Bonchev–Trinajstić information content (AvgIpc) is 2.29. The van der Waals surface area contributed by atoms with Crippen LogP contribution >= 0.6 is 0 Å². The van der Waals surface area contributed by atoms with Gasteiger partial charge in [0, 0.05) is 25.8 Å². The molecule has 3 nitrogen and oxygen atoms in total. The van der Waals surface area contributed by atoms with Gasteiger partial charge in [0.2, 0.25) is 0 Å². The highest BCUT2D eigenvalue weighted by Crippen LogP contribution is 2.15. The molecule has 0 saturated heterocycles. The Kier molecular flexibility index (Phi) is 5.26. The molecule has 0 bridgehead atoms. The molecule has 3 heteroatoms. The largest absolute Gasteiger partial charge is 0.357 e. The molecule has 1 atom stereocenters. The van der Waals surface area contributed by atoms with Gasteiger partial charge in [0.25, 0.3) is 0 Å². The van der Waals surface area contributed by atoms with Crippen LogP contribution in [0, 0.1) is 0 Å². The topological polar surface area (TPSA) is 28.2 Å². The molecule has 0 fully saturated rings. The quantitative estimate of drug-likeness (QED) is 0.799. The van der Waals surface area contributed by atoms with Crippen LogP contribution in [0.1, 0.15) is 32.3 Å². The fraction of sp³-hybridized carbons (Fsp3) is 0.615. The van der Waals surface area contributed by atoms with E-state index in [0.29, 0.717) is 6.04 Å². The van der Waals surface area contributed by atoms with Crippen LogP contribution in [0.4, 0.5) is 5.82 Å². The number of nitrogens with one attached hydrogen (secondary N) is 1. The number of aromatic nitrogens is 1. The molecule has 16 heavy (non-hydrogen) atoms. The van der Waals surface area contributed by atoms with Crippen LogP contribution in [-0.2, 0) is 6.54 Å². The van der Waals surface area contributed by atoms with E-state index < -0.39 is 0 Å². The summed E-state index contributed by atoms with van der Waals surface area (Å²) in [5.41, 5.74) is 1.28. The molecule has 0 aliphatic heterocycles. The first-order valence-electron chi connectivity index (χ1n) is 6.01. The van der Waals surface area contributed by atoms with E-state index in [2.05, 4.69) is 48.2 Å². The zero-order chi connectivity index (χ0) is 12.0. The van der Waals surface area contributed by atoms with Crippen molar-refractivity contribution in [3.05, 3.63) is 23.9 Å². The molecule has 1 unspecified atom stereocenters. The summed E-state index contributed by atoms with van der Waals surface area (Å²) in [4.78, 5) is 6.68. The Hall–Kier alpha value is -1.09. The fourth-order valence-electron chi connectivity index (χ4n) is 1.80. The normalized spacial score (nSPS) is 12.5. The third-order valence-corrected chi connectivity index (χ3v) is 2.92. The lowest BCUT2D eigenvalue weighted by atomic mass is 10.1. The average molecular weight is 221 g/mol. The van der Waals surface area contributed by atoms with Crippen molar-refractivity contribution < 1.29 is 0 Å². The standard InChI is InChI=1S/C13H23N3/c1-5-6-11(2)16(4)13-9-12(10-14-3)7-8-15-13/h7-9,11,14H,5-6,10H2,1-4H3. The number of pyridine rings is 1. The van der Waals surface area contributed by atoms with E-state index in [1.54, 1.807) is 0 Å². The summed E-state index contributed by atoms with van der Waals surface area (Å²) < 4.78 is 0. The number of hydrogen-bond acceptors (Lipinski definition) is 3. The van der Waals surface area contributed by atoms with Crippen molar-refractivity contribution in [1.82, 2.24) is 10.3 Å². The van der Waals surface area contributed by atoms with Gasteiger partial charge in [0.15, 0.2) is 0 Å². The monoisotopic (exact) mass is 221 g/mol. The van der Waals surface area contributed by atoms with Crippen molar-refractivity contribution in [2.45, 2.75) is 39.3 Å². The lowest BCUT2D eigenvalue weighted by Gasteiger charge is -2.26. The van der Waals surface area contributed by atoms with E-state index in [4.69, 9.17) is 0 Å². The van der Waals surface area contributed by atoms with Crippen molar-refractivity contribution in [1.29, 1.82) is 0 Å². The molecular weight excluding hydrogens is 198 g/mol. The number of rotatable bonds is 6. The molecule has 0 saturated carbocycles. The van der Waals surface area contributed by atoms with Crippen LogP contribution in [0.3, 0.4) is 0 Å². The summed E-state index contributed by atoms with van der Waals surface area (Å²) in [6, 6.07) is 4.75. The summed E-state index contributed by atoms with van der Waals surface area (Å²) in [6.45, 7) is 5.36. The van der Waals surface area contributed by atoms with Crippen LogP contribution in [0.15, 0.2) is 18.3 Å². The smallest absolute Gasteiger partial charge is 0.128 e. The molecule has 0 aliphatic rings. The second kappa shape index (κ2) is 6.48. The SMILES string of the molecule is CCCC(C)N(C)c1cc(CNC)ccn1. The summed E-state index contributed by atoms with van der Waals surface area (Å²) >= 11 is 0. The Bertz CT molecular complexity index is 312. The molecule has 0 aliphatic carbocycles. The number of nitrogens with zero attached hydrogens (tertiary/aromatic N) is 2. The Balaban J connectivity index is 2.74. The zero-order valence-corrected chi connectivity index (χ0v) is 10.8. The Labute approximate surface area is 98.9 Å². The van der Waals surface area contributed by atoms with Crippen molar-refractivity contribution in [3.63, 3.8) is 0 Å². The van der Waals surface area contributed by atoms with Gasteiger partial charge in [0.05, 0.1) is 0 Å². The first-order chi connectivity index (χ1) is 7.69. The van der Waals surface area contributed by atoms with Crippen LogP contribution in [-0.4, -0.2) is 25.1 Å². The lowest BCUT2D eigenvalue weighted by Crippen LogP contribution is -2.29. The maximum Gasteiger partial charge on any atom is 0.128 e. The van der Waals surface area contributed by atoms with Crippen LogP contribution in [0.2, 0.25) is 0 Å². The van der Waals surface area contributed by atoms with E-state index in [1.807, 2.05) is 13.2 Å². The zero-order valence-electron chi connectivity index (χ0n) is 10.8. The van der Waals surface area contributed by atoms with E-state index in [9.17, 15) is 0 Å². The third kappa shape index (κ3) is 3.49. The predicted octanol–water partition coefficient (Wildman–Crippen LogP) is 2.43. The van der Waals surface area contributed by atoms with Crippen LogP contribution in [0.25, 0.3) is 0 Å². The van der Waals surface area contributed by atoms with E-state index in [1.165, 1.54) is 18.4 Å². The first-order valence-corrected chi connectivity index (χ1v) is 6.01. The summed E-state index contributed by atoms with van der Waals surface area (Å²) in [5.74, 6) is 1.06. The van der Waals surface area contributed by atoms with Crippen LogP contribution in [0.5, 0.6) is 0 Å². The van der Waals surface area contributed by atoms with Gasteiger partial charge in [0.1, 0.15) is 5.82 Å². The fourth-order valence-corrected chi connectivity index (χ4v) is 1.80. The Morgan fingerprint density at radius 3 is 2.88 bits per heavy atom. The maximum absolute atomic E-state index is 4.42. The van der Waals surface area contributed by atoms with Gasteiger partial charge in [-0.05, 0) is 38.1 Å². The van der Waals surface area contributed by atoms with Crippen molar-refractivity contribution in [2.75, 3.05) is 19.0 Å². The molecule has 0 aromatic carbocycles. The van der Waals surface area contributed by atoms with Gasteiger partial charge in [-0.2, -0.15) is 0 Å². The Morgan fingerprint density at radius 2 is 2.25 bits per heavy atom. The minimum Gasteiger partial charge on any atom is -0.357 e. The highest BCUT2D eigenvalue weighted by atomic mass is 15.2. The molecule has 0 spiro atoms. The minimum atomic E-state index is 0.544. The summed E-state index contributed by atoms with van der Waals surface area (Å²) in [5, 5.41) is 3.16. The maximum atomic E-state index is 4.42. The summed E-state index contributed by atoms with van der Waals surface area (Å²) in [7, 11) is 4.08. The van der Waals surface area contributed by atoms with E-state index >= 15 is 0 Å². The number of hydrogen-bond donors (Lipinski definition) is 1. The van der Waals surface area contributed by atoms with Gasteiger partial charge in [-0.15, -0.1) is 0 Å². The molecule has 1 aromatic rings.